The molecule has 1 N–H and O–H groups in total. The van der Waals surface area contributed by atoms with Crippen LogP contribution >= 0.6 is 15.9 Å². The van der Waals surface area contributed by atoms with Crippen molar-refractivity contribution in [2.75, 3.05) is 16.8 Å². The summed E-state index contributed by atoms with van der Waals surface area (Å²) in [5.41, 5.74) is 2.80. The van der Waals surface area contributed by atoms with E-state index in [9.17, 15) is 0 Å². The van der Waals surface area contributed by atoms with E-state index in [2.05, 4.69) is 68.2 Å². The van der Waals surface area contributed by atoms with Crippen molar-refractivity contribution in [3.63, 3.8) is 0 Å². The Balaban J connectivity index is 1.82. The second kappa shape index (κ2) is 6.02. The van der Waals surface area contributed by atoms with Crippen LogP contribution in [0.4, 0.5) is 11.8 Å². The highest BCUT2D eigenvalue weighted by Crippen LogP contribution is 2.26. The molecule has 0 spiro atoms. The molecule has 0 saturated heterocycles. The average Bonchev–Trinajstić information content (AvgIpc) is 2.46. The minimum Gasteiger partial charge on any atom is -0.352 e. The van der Waals surface area contributed by atoms with Crippen LogP contribution in [0, 0.1) is 0 Å². The molecule has 0 saturated carbocycles. The van der Waals surface area contributed by atoms with Gasteiger partial charge in [-0.15, -0.1) is 0 Å². The van der Waals surface area contributed by atoms with E-state index in [1.54, 1.807) is 0 Å². The van der Waals surface area contributed by atoms with Crippen molar-refractivity contribution in [3.05, 3.63) is 46.1 Å². The van der Waals surface area contributed by atoms with Gasteiger partial charge in [0.15, 0.2) is 0 Å². The second-order valence-electron chi connectivity index (χ2n) is 5.62. The molecule has 0 amide bonds. The average molecular weight is 347 g/mol. The summed E-state index contributed by atoms with van der Waals surface area (Å²) in [5.74, 6) is 1.68. The smallest absolute Gasteiger partial charge is 0.224 e. The molecule has 1 aromatic heterocycles. The highest BCUT2D eigenvalue weighted by atomic mass is 79.9. The maximum Gasteiger partial charge on any atom is 0.224 e. The molecule has 0 aliphatic carbocycles. The van der Waals surface area contributed by atoms with E-state index in [0.717, 1.165) is 29.8 Å². The number of halogens is 1. The van der Waals surface area contributed by atoms with Gasteiger partial charge in [0, 0.05) is 29.8 Å². The monoisotopic (exact) mass is 346 g/mol. The lowest BCUT2D eigenvalue weighted by Gasteiger charge is -2.30. The lowest BCUT2D eigenvalue weighted by Crippen LogP contribution is -2.31. The summed E-state index contributed by atoms with van der Waals surface area (Å²) in [6.07, 6.45) is 2.88. The molecule has 1 aliphatic heterocycles. The normalized spacial score (nSPS) is 14.2. The number of nitrogens with one attached hydrogen (secondary N) is 1. The Morgan fingerprint density at radius 1 is 1.24 bits per heavy atom. The molecule has 2 heterocycles. The first-order chi connectivity index (χ1) is 10.1. The molecule has 1 aliphatic rings. The summed E-state index contributed by atoms with van der Waals surface area (Å²) in [7, 11) is 0. The maximum absolute atomic E-state index is 4.62. The molecule has 110 valence electrons. The molecule has 0 fully saturated rings. The quantitative estimate of drug-likeness (QED) is 0.921. The van der Waals surface area contributed by atoms with E-state index in [4.69, 9.17) is 0 Å². The number of fused-ring (bicyclic) bond motifs is 1. The van der Waals surface area contributed by atoms with Crippen LogP contribution < -0.4 is 10.2 Å². The lowest BCUT2D eigenvalue weighted by molar-refractivity contribution is 0.718. The summed E-state index contributed by atoms with van der Waals surface area (Å²) in [5, 5.41) is 3.26. The first-order valence-electron chi connectivity index (χ1n) is 7.23. The molecule has 2 aromatic rings. The Kier molecular flexibility index (Phi) is 4.10. The summed E-state index contributed by atoms with van der Waals surface area (Å²) in [4.78, 5) is 11.2. The largest absolute Gasteiger partial charge is 0.352 e. The van der Waals surface area contributed by atoms with Crippen molar-refractivity contribution >= 4 is 27.7 Å². The van der Waals surface area contributed by atoms with Gasteiger partial charge in [-0.1, -0.05) is 22.0 Å². The highest BCUT2D eigenvalue weighted by molar-refractivity contribution is 9.10. The van der Waals surface area contributed by atoms with E-state index in [1.165, 1.54) is 11.1 Å². The van der Waals surface area contributed by atoms with Crippen LogP contribution in [0.1, 0.15) is 25.0 Å². The van der Waals surface area contributed by atoms with Crippen LogP contribution in [0.15, 0.2) is 34.9 Å². The number of aromatic nitrogens is 2. The summed E-state index contributed by atoms with van der Waals surface area (Å²) in [6, 6.07) is 8.84. The van der Waals surface area contributed by atoms with Crippen molar-refractivity contribution in [3.8, 4) is 0 Å². The van der Waals surface area contributed by atoms with Gasteiger partial charge >= 0.3 is 0 Å². The number of benzene rings is 1. The number of rotatable bonds is 3. The zero-order chi connectivity index (χ0) is 14.8. The Bertz CT molecular complexity index is 642. The molecule has 5 heteroatoms. The van der Waals surface area contributed by atoms with Crippen LogP contribution in [0.3, 0.4) is 0 Å². The first kappa shape index (κ1) is 14.3. The summed E-state index contributed by atoms with van der Waals surface area (Å²) >= 11 is 3.55. The van der Waals surface area contributed by atoms with Gasteiger partial charge in [0.1, 0.15) is 5.82 Å². The highest BCUT2D eigenvalue weighted by Gasteiger charge is 2.18. The fraction of sp³-hybridized carbons (Fsp3) is 0.375. The third kappa shape index (κ3) is 3.35. The molecule has 0 unspecified atom stereocenters. The van der Waals surface area contributed by atoms with Crippen LogP contribution in [-0.2, 0) is 13.0 Å². The minimum absolute atomic E-state index is 0.332. The van der Waals surface area contributed by atoms with Gasteiger partial charge in [0.2, 0.25) is 5.95 Å². The van der Waals surface area contributed by atoms with E-state index in [0.29, 0.717) is 12.0 Å². The summed E-state index contributed by atoms with van der Waals surface area (Å²) < 4.78 is 1.13. The zero-order valence-corrected chi connectivity index (χ0v) is 13.9. The van der Waals surface area contributed by atoms with E-state index >= 15 is 0 Å². The third-order valence-corrected chi connectivity index (χ3v) is 4.06. The maximum atomic E-state index is 4.62. The number of hydrogen-bond acceptors (Lipinski definition) is 4. The van der Waals surface area contributed by atoms with E-state index in [1.807, 2.05) is 12.3 Å². The fourth-order valence-corrected chi connectivity index (χ4v) is 2.98. The Morgan fingerprint density at radius 2 is 2.10 bits per heavy atom. The van der Waals surface area contributed by atoms with Crippen LogP contribution in [0.5, 0.6) is 0 Å². The van der Waals surface area contributed by atoms with E-state index < -0.39 is 0 Å². The Hall–Kier alpha value is -1.62. The van der Waals surface area contributed by atoms with Crippen LogP contribution in [-0.4, -0.2) is 22.6 Å². The minimum atomic E-state index is 0.332. The van der Waals surface area contributed by atoms with Crippen molar-refractivity contribution in [2.45, 2.75) is 32.9 Å². The SMILES string of the molecule is CC(C)Nc1nccc(N2CCc3ccc(Br)cc3C2)n1. The van der Waals surface area contributed by atoms with Gasteiger partial charge in [-0.25, -0.2) is 4.98 Å². The van der Waals surface area contributed by atoms with Crippen molar-refractivity contribution in [2.24, 2.45) is 0 Å². The zero-order valence-electron chi connectivity index (χ0n) is 12.3. The lowest BCUT2D eigenvalue weighted by atomic mass is 10.00. The van der Waals surface area contributed by atoms with Crippen molar-refractivity contribution in [1.29, 1.82) is 0 Å². The van der Waals surface area contributed by atoms with Gasteiger partial charge in [-0.2, -0.15) is 4.98 Å². The molecule has 1 aromatic carbocycles. The molecule has 4 nitrogen and oxygen atoms in total. The van der Waals surface area contributed by atoms with Gasteiger partial charge < -0.3 is 10.2 Å². The van der Waals surface area contributed by atoms with Gasteiger partial charge in [-0.3, -0.25) is 0 Å². The number of hydrogen-bond donors (Lipinski definition) is 1. The fourth-order valence-electron chi connectivity index (χ4n) is 2.57. The predicted molar refractivity (Wildman–Crippen MR) is 89.7 cm³/mol. The third-order valence-electron chi connectivity index (χ3n) is 3.56. The van der Waals surface area contributed by atoms with Gasteiger partial charge in [0.25, 0.3) is 0 Å². The van der Waals surface area contributed by atoms with Crippen LogP contribution in [0.2, 0.25) is 0 Å². The molecule has 0 radical (unpaired) electrons. The standard InChI is InChI=1S/C16H19BrN4/c1-11(2)19-16-18-7-5-15(20-16)21-8-6-12-3-4-14(17)9-13(12)10-21/h3-5,7,9,11H,6,8,10H2,1-2H3,(H,18,19,20). The number of anilines is 2. The second-order valence-corrected chi connectivity index (χ2v) is 6.54. The van der Waals surface area contributed by atoms with Crippen molar-refractivity contribution < 1.29 is 0 Å². The molecule has 0 atom stereocenters. The molecule has 0 bridgehead atoms. The van der Waals surface area contributed by atoms with Crippen LogP contribution in [0.25, 0.3) is 0 Å². The van der Waals surface area contributed by atoms with E-state index in [-0.39, 0.29) is 0 Å². The predicted octanol–water partition coefficient (Wildman–Crippen LogP) is 3.62. The topological polar surface area (TPSA) is 41.1 Å². The summed E-state index contributed by atoms with van der Waals surface area (Å²) in [6.45, 7) is 6.06. The first-order valence-corrected chi connectivity index (χ1v) is 8.03. The molecular weight excluding hydrogens is 328 g/mol. The number of nitrogens with zero attached hydrogens (tertiary/aromatic N) is 3. The van der Waals surface area contributed by atoms with Crippen molar-refractivity contribution in [1.82, 2.24) is 9.97 Å². The Labute approximate surface area is 133 Å². The molecule has 21 heavy (non-hydrogen) atoms. The molecule has 3 rings (SSSR count). The van der Waals surface area contributed by atoms with Gasteiger partial charge in [-0.05, 0) is 49.6 Å². The Morgan fingerprint density at radius 3 is 2.90 bits per heavy atom. The molecular formula is C16H19BrN4. The van der Waals surface area contributed by atoms with Gasteiger partial charge in [0.05, 0.1) is 0 Å².